The van der Waals surface area contributed by atoms with Crippen LogP contribution in [-0.2, 0) is 22.4 Å². The standard InChI is InChI=1S/C23H19F3N2O5/c1-12(29)27-15-6-8-20-18(11-15)17-10-14(22(31)32)5-7-19(17)28(20)21(30)13-3-2-4-16(9-13)33-23(24,25)26/h2-4,6,8-9,11,14H,5,7,10H2,1H3,(H,27,29)(H,31,32). The molecule has 1 heterocycles. The number of carbonyl (C=O) groups excluding carboxylic acids is 2. The summed E-state index contributed by atoms with van der Waals surface area (Å²) in [6, 6.07) is 9.71. The molecule has 0 spiro atoms. The Hall–Kier alpha value is -3.82. The van der Waals surface area contributed by atoms with E-state index in [4.69, 9.17) is 0 Å². The predicted molar refractivity (Wildman–Crippen MR) is 112 cm³/mol. The minimum atomic E-state index is -4.90. The van der Waals surface area contributed by atoms with E-state index in [9.17, 15) is 32.7 Å². The average Bonchev–Trinajstić information content (AvgIpc) is 3.04. The minimum absolute atomic E-state index is 0.0113. The second kappa shape index (κ2) is 8.27. The normalized spacial score (nSPS) is 15.7. The highest BCUT2D eigenvalue weighted by Gasteiger charge is 2.33. The van der Waals surface area contributed by atoms with Crippen LogP contribution >= 0.6 is 0 Å². The van der Waals surface area contributed by atoms with Crippen LogP contribution in [0.2, 0.25) is 0 Å². The largest absolute Gasteiger partial charge is 0.573 e. The number of anilines is 1. The van der Waals surface area contributed by atoms with Gasteiger partial charge >= 0.3 is 12.3 Å². The number of carboxylic acids is 1. The van der Waals surface area contributed by atoms with Gasteiger partial charge in [-0.05, 0) is 61.2 Å². The number of amides is 1. The SMILES string of the molecule is CC(=O)Nc1ccc2c(c1)c1c(n2C(=O)c2cccc(OC(F)(F)F)c2)CCC(C(=O)O)C1. The third kappa shape index (κ3) is 4.55. The van der Waals surface area contributed by atoms with Crippen LogP contribution in [0.3, 0.4) is 0 Å². The fraction of sp³-hybridized carbons (Fsp3) is 0.261. The van der Waals surface area contributed by atoms with Gasteiger partial charge in [-0.2, -0.15) is 0 Å². The summed E-state index contributed by atoms with van der Waals surface area (Å²) in [5, 5.41) is 12.8. The van der Waals surface area contributed by atoms with Crippen molar-refractivity contribution < 1.29 is 37.4 Å². The third-order valence-corrected chi connectivity index (χ3v) is 5.55. The molecule has 7 nitrogen and oxygen atoms in total. The minimum Gasteiger partial charge on any atom is -0.481 e. The summed E-state index contributed by atoms with van der Waals surface area (Å²) >= 11 is 0. The molecular formula is C23H19F3N2O5. The van der Waals surface area contributed by atoms with E-state index in [1.165, 1.54) is 23.6 Å². The molecular weight excluding hydrogens is 441 g/mol. The molecule has 0 bridgehead atoms. The van der Waals surface area contributed by atoms with Crippen LogP contribution in [-0.4, -0.2) is 33.8 Å². The number of ether oxygens (including phenoxy) is 1. The van der Waals surface area contributed by atoms with Gasteiger partial charge in [-0.15, -0.1) is 13.2 Å². The molecule has 1 atom stereocenters. The van der Waals surface area contributed by atoms with Gasteiger partial charge in [0.25, 0.3) is 5.91 Å². The second-order valence-electron chi connectivity index (χ2n) is 7.83. The van der Waals surface area contributed by atoms with E-state index in [1.54, 1.807) is 18.2 Å². The van der Waals surface area contributed by atoms with Gasteiger partial charge in [0.15, 0.2) is 0 Å². The summed E-state index contributed by atoms with van der Waals surface area (Å²) in [6.07, 6.45) is -4.07. The van der Waals surface area contributed by atoms with Crippen LogP contribution in [0.5, 0.6) is 5.75 Å². The van der Waals surface area contributed by atoms with Gasteiger partial charge in [0.1, 0.15) is 5.75 Å². The van der Waals surface area contributed by atoms with Crippen molar-refractivity contribution in [1.29, 1.82) is 0 Å². The van der Waals surface area contributed by atoms with Gasteiger partial charge in [-0.25, -0.2) is 0 Å². The molecule has 33 heavy (non-hydrogen) atoms. The lowest BCUT2D eigenvalue weighted by Crippen LogP contribution is -2.24. The molecule has 0 saturated heterocycles. The number of aromatic nitrogens is 1. The Kier molecular flexibility index (Phi) is 5.61. The summed E-state index contributed by atoms with van der Waals surface area (Å²) in [6.45, 7) is 1.35. The highest BCUT2D eigenvalue weighted by atomic mass is 19.4. The number of benzene rings is 2. The van der Waals surface area contributed by atoms with E-state index in [-0.39, 0.29) is 17.9 Å². The van der Waals surface area contributed by atoms with Crippen LogP contribution in [0.15, 0.2) is 42.5 Å². The molecule has 1 unspecified atom stereocenters. The van der Waals surface area contributed by atoms with Crippen molar-refractivity contribution in [3.8, 4) is 5.75 Å². The molecule has 172 valence electrons. The van der Waals surface area contributed by atoms with Gasteiger partial charge in [0, 0.05) is 29.3 Å². The Labute approximate surface area is 185 Å². The lowest BCUT2D eigenvalue weighted by atomic mass is 9.86. The van der Waals surface area contributed by atoms with E-state index in [1.807, 2.05) is 0 Å². The third-order valence-electron chi connectivity index (χ3n) is 5.55. The summed E-state index contributed by atoms with van der Waals surface area (Å²) < 4.78 is 43.2. The molecule has 0 aliphatic heterocycles. The average molecular weight is 460 g/mol. The van der Waals surface area contributed by atoms with Gasteiger partial charge in [0.05, 0.1) is 11.4 Å². The van der Waals surface area contributed by atoms with Gasteiger partial charge in [0.2, 0.25) is 5.91 Å². The Morgan fingerprint density at radius 1 is 1.15 bits per heavy atom. The Morgan fingerprint density at radius 2 is 1.91 bits per heavy atom. The molecule has 0 fully saturated rings. The fourth-order valence-corrected chi connectivity index (χ4v) is 4.24. The predicted octanol–water partition coefficient (Wildman–Crippen LogP) is 4.38. The van der Waals surface area contributed by atoms with Gasteiger partial charge in [-0.1, -0.05) is 6.07 Å². The number of hydrogen-bond acceptors (Lipinski definition) is 4. The van der Waals surface area contributed by atoms with Crippen molar-refractivity contribution in [2.45, 2.75) is 32.5 Å². The Morgan fingerprint density at radius 3 is 2.58 bits per heavy atom. The van der Waals surface area contributed by atoms with E-state index in [0.29, 0.717) is 40.7 Å². The van der Waals surface area contributed by atoms with Crippen molar-refractivity contribution in [2.24, 2.45) is 5.92 Å². The zero-order valence-electron chi connectivity index (χ0n) is 17.4. The summed E-state index contributed by atoms with van der Waals surface area (Å²) in [5.41, 5.74) is 2.23. The zero-order chi connectivity index (χ0) is 23.9. The lowest BCUT2D eigenvalue weighted by molar-refractivity contribution is -0.274. The first-order valence-corrected chi connectivity index (χ1v) is 10.1. The highest BCUT2D eigenvalue weighted by molar-refractivity contribution is 6.05. The molecule has 1 aliphatic carbocycles. The molecule has 0 saturated carbocycles. The fourth-order valence-electron chi connectivity index (χ4n) is 4.24. The van der Waals surface area contributed by atoms with Crippen molar-refractivity contribution >= 4 is 34.4 Å². The first kappa shape index (κ1) is 22.4. The van der Waals surface area contributed by atoms with Gasteiger partial charge in [-0.3, -0.25) is 19.0 Å². The highest BCUT2D eigenvalue weighted by Crippen LogP contribution is 2.37. The summed E-state index contributed by atoms with van der Waals surface area (Å²) in [4.78, 5) is 36.5. The number of rotatable bonds is 4. The number of aliphatic carboxylic acids is 1. The summed E-state index contributed by atoms with van der Waals surface area (Å²) in [7, 11) is 0. The second-order valence-corrected chi connectivity index (χ2v) is 7.83. The number of fused-ring (bicyclic) bond motifs is 3. The van der Waals surface area contributed by atoms with Crippen LogP contribution < -0.4 is 10.1 Å². The molecule has 1 aliphatic rings. The van der Waals surface area contributed by atoms with E-state index in [0.717, 1.165) is 12.1 Å². The van der Waals surface area contributed by atoms with Crippen molar-refractivity contribution in [1.82, 2.24) is 4.57 Å². The van der Waals surface area contributed by atoms with E-state index < -0.39 is 29.9 Å². The smallest absolute Gasteiger partial charge is 0.481 e. The first-order valence-electron chi connectivity index (χ1n) is 10.1. The Bertz CT molecular complexity index is 1280. The number of nitrogens with zero attached hydrogens (tertiary/aromatic N) is 1. The van der Waals surface area contributed by atoms with E-state index in [2.05, 4.69) is 10.1 Å². The van der Waals surface area contributed by atoms with Crippen LogP contribution in [0.25, 0.3) is 10.9 Å². The maximum Gasteiger partial charge on any atom is 0.573 e. The van der Waals surface area contributed by atoms with Crippen LogP contribution in [0.4, 0.5) is 18.9 Å². The van der Waals surface area contributed by atoms with Crippen LogP contribution in [0, 0.1) is 5.92 Å². The molecule has 3 aromatic rings. The molecule has 0 radical (unpaired) electrons. The molecule has 2 aromatic carbocycles. The quantitative estimate of drug-likeness (QED) is 0.603. The maximum atomic E-state index is 13.4. The van der Waals surface area contributed by atoms with Crippen LogP contribution in [0.1, 0.15) is 35.0 Å². The van der Waals surface area contributed by atoms with E-state index >= 15 is 0 Å². The number of hydrogen-bond donors (Lipinski definition) is 2. The zero-order valence-corrected chi connectivity index (χ0v) is 17.4. The summed E-state index contributed by atoms with van der Waals surface area (Å²) in [5.74, 6) is -2.93. The van der Waals surface area contributed by atoms with Crippen molar-refractivity contribution in [3.63, 3.8) is 0 Å². The number of nitrogens with one attached hydrogen (secondary N) is 1. The molecule has 2 N–H and O–H groups in total. The molecule has 1 amide bonds. The topological polar surface area (TPSA) is 97.6 Å². The monoisotopic (exact) mass is 460 g/mol. The number of carbonyl (C=O) groups is 3. The first-order chi connectivity index (χ1) is 15.5. The number of alkyl halides is 3. The Balaban J connectivity index is 1.84. The van der Waals surface area contributed by atoms with Crippen molar-refractivity contribution in [3.05, 3.63) is 59.3 Å². The number of carboxylic acid groups (broad SMARTS) is 1. The molecule has 10 heteroatoms. The number of halogens is 3. The van der Waals surface area contributed by atoms with Crippen molar-refractivity contribution in [2.75, 3.05) is 5.32 Å². The maximum absolute atomic E-state index is 13.4. The van der Waals surface area contributed by atoms with Gasteiger partial charge < -0.3 is 15.2 Å². The molecule has 4 rings (SSSR count). The lowest BCUT2D eigenvalue weighted by Gasteiger charge is -2.20. The molecule has 1 aromatic heterocycles.